The minimum absolute atomic E-state index is 0.208. The van der Waals surface area contributed by atoms with Crippen molar-refractivity contribution in [3.8, 4) is 23.4 Å². The molecule has 0 N–H and O–H groups in total. The summed E-state index contributed by atoms with van der Waals surface area (Å²) in [6, 6.07) is 13.9. The van der Waals surface area contributed by atoms with Crippen molar-refractivity contribution in [3.05, 3.63) is 72.4 Å². The molecule has 0 saturated heterocycles. The van der Waals surface area contributed by atoms with Gasteiger partial charge in [0.2, 0.25) is 17.6 Å². The van der Waals surface area contributed by atoms with Crippen LogP contribution >= 0.6 is 0 Å². The lowest BCUT2D eigenvalue weighted by Gasteiger charge is -2.12. The molecule has 0 spiro atoms. The molecule has 0 aliphatic carbocycles. The summed E-state index contributed by atoms with van der Waals surface area (Å²) in [6.07, 6.45) is 2.61. The number of hydrogen-bond acceptors (Lipinski definition) is 8. The summed E-state index contributed by atoms with van der Waals surface area (Å²) in [5.74, 6) is 0.744. The lowest BCUT2D eigenvalue weighted by atomic mass is 10.1. The summed E-state index contributed by atoms with van der Waals surface area (Å²) >= 11 is 0. The number of nitrogens with zero attached hydrogens (tertiary/aromatic N) is 3. The fourth-order valence-corrected chi connectivity index (χ4v) is 2.46. The first-order valence-corrected chi connectivity index (χ1v) is 8.63. The van der Waals surface area contributed by atoms with Crippen LogP contribution in [0, 0.1) is 6.92 Å². The molecule has 1 aromatic carbocycles. The Morgan fingerprint density at radius 2 is 1.69 bits per heavy atom. The third-order valence-corrected chi connectivity index (χ3v) is 3.72. The van der Waals surface area contributed by atoms with Crippen molar-refractivity contribution >= 4 is 11.5 Å². The maximum Gasteiger partial charge on any atom is 0.341 e. The molecule has 0 amide bonds. The van der Waals surface area contributed by atoms with E-state index < -0.39 is 5.97 Å². The average Bonchev–Trinajstić information content (AvgIpc) is 2.72. The van der Waals surface area contributed by atoms with Crippen LogP contribution in [0.3, 0.4) is 0 Å². The number of carbonyl (C=O) groups excluding carboxylic acids is 1. The van der Waals surface area contributed by atoms with Gasteiger partial charge in [-0.2, -0.15) is 0 Å². The van der Waals surface area contributed by atoms with Crippen LogP contribution in [-0.4, -0.2) is 35.1 Å². The van der Waals surface area contributed by atoms with Gasteiger partial charge in [-0.25, -0.2) is 19.7 Å². The van der Waals surface area contributed by atoms with Crippen molar-refractivity contribution in [2.24, 2.45) is 0 Å². The third-order valence-electron chi connectivity index (χ3n) is 3.72. The van der Waals surface area contributed by atoms with Crippen LogP contribution in [0.1, 0.15) is 11.3 Å². The van der Waals surface area contributed by atoms with Crippen LogP contribution in [0.4, 0.5) is 0 Å². The Morgan fingerprint density at radius 1 is 0.931 bits per heavy atom. The minimum Gasteiger partial charge on any atom is -0.503 e. The van der Waals surface area contributed by atoms with E-state index in [9.17, 15) is 4.79 Å². The molecule has 0 bridgehead atoms. The van der Waals surface area contributed by atoms with E-state index >= 15 is 0 Å². The van der Waals surface area contributed by atoms with Gasteiger partial charge in [0.1, 0.15) is 17.6 Å². The number of ether oxygens (including phenoxy) is 4. The summed E-state index contributed by atoms with van der Waals surface area (Å²) in [6.45, 7) is 1.87. The zero-order chi connectivity index (χ0) is 20.6. The van der Waals surface area contributed by atoms with Gasteiger partial charge in [-0.3, -0.25) is 0 Å². The average molecular weight is 393 g/mol. The molecule has 29 heavy (non-hydrogen) atoms. The molecule has 0 unspecified atom stereocenters. The molecule has 0 saturated carbocycles. The molecule has 0 atom stereocenters. The number of esters is 1. The van der Waals surface area contributed by atoms with E-state index in [0.29, 0.717) is 17.2 Å². The molecule has 0 aliphatic heterocycles. The highest BCUT2D eigenvalue weighted by Gasteiger charge is 2.18. The first-order valence-electron chi connectivity index (χ1n) is 8.63. The van der Waals surface area contributed by atoms with Crippen LogP contribution in [-0.2, 0) is 14.3 Å². The van der Waals surface area contributed by atoms with Gasteiger partial charge in [0.25, 0.3) is 0 Å². The normalized spacial score (nSPS) is 10.9. The molecule has 8 heteroatoms. The van der Waals surface area contributed by atoms with Gasteiger partial charge in [-0.15, -0.1) is 0 Å². The fourth-order valence-electron chi connectivity index (χ4n) is 2.46. The zero-order valence-electron chi connectivity index (χ0n) is 16.2. The van der Waals surface area contributed by atoms with E-state index in [4.69, 9.17) is 18.9 Å². The van der Waals surface area contributed by atoms with Crippen molar-refractivity contribution in [1.82, 2.24) is 15.0 Å². The Labute approximate surface area is 167 Å². The second kappa shape index (κ2) is 9.32. The second-order valence-corrected chi connectivity index (χ2v) is 5.77. The Balaban J connectivity index is 1.87. The Bertz CT molecular complexity index is 1040. The molecular weight excluding hydrogens is 374 g/mol. The number of benzene rings is 1. The van der Waals surface area contributed by atoms with Crippen molar-refractivity contribution in [2.75, 3.05) is 14.2 Å². The summed E-state index contributed by atoms with van der Waals surface area (Å²) in [5.41, 5.74) is 1.52. The molecule has 148 valence electrons. The topological polar surface area (TPSA) is 92.7 Å². The smallest absolute Gasteiger partial charge is 0.341 e. The number of para-hydroxylation sites is 1. The lowest BCUT2D eigenvalue weighted by Crippen LogP contribution is -2.06. The third kappa shape index (κ3) is 5.07. The number of aromatic nitrogens is 3. The van der Waals surface area contributed by atoms with E-state index in [0.717, 1.165) is 5.69 Å². The first-order chi connectivity index (χ1) is 14.1. The van der Waals surface area contributed by atoms with Gasteiger partial charge in [0.15, 0.2) is 0 Å². The van der Waals surface area contributed by atoms with E-state index in [1.54, 1.807) is 30.3 Å². The highest BCUT2D eigenvalue weighted by molar-refractivity contribution is 6.17. The predicted molar refractivity (Wildman–Crippen MR) is 105 cm³/mol. The lowest BCUT2D eigenvalue weighted by molar-refractivity contribution is -0.133. The summed E-state index contributed by atoms with van der Waals surface area (Å²) in [7, 11) is 2.74. The van der Waals surface area contributed by atoms with Crippen LogP contribution < -0.4 is 9.47 Å². The number of pyridine rings is 1. The maximum atomic E-state index is 12.1. The molecule has 3 rings (SSSR count). The summed E-state index contributed by atoms with van der Waals surface area (Å²) in [5, 5.41) is 0. The number of hydrogen-bond donors (Lipinski definition) is 0. The monoisotopic (exact) mass is 393 g/mol. The van der Waals surface area contributed by atoms with Crippen LogP contribution in [0.5, 0.6) is 23.4 Å². The largest absolute Gasteiger partial charge is 0.503 e. The second-order valence-electron chi connectivity index (χ2n) is 5.77. The Morgan fingerprint density at radius 3 is 2.41 bits per heavy atom. The molecule has 0 fully saturated rings. The van der Waals surface area contributed by atoms with Gasteiger partial charge >= 0.3 is 5.97 Å². The molecular formula is C21H19N3O5. The maximum absolute atomic E-state index is 12.1. The van der Waals surface area contributed by atoms with Gasteiger partial charge in [0, 0.05) is 17.3 Å². The van der Waals surface area contributed by atoms with Gasteiger partial charge in [0.05, 0.1) is 26.5 Å². The summed E-state index contributed by atoms with van der Waals surface area (Å²) in [4.78, 5) is 24.6. The van der Waals surface area contributed by atoms with E-state index in [2.05, 4.69) is 15.0 Å². The van der Waals surface area contributed by atoms with Crippen molar-refractivity contribution < 1.29 is 23.7 Å². The minimum atomic E-state index is -0.555. The molecule has 0 aliphatic rings. The van der Waals surface area contributed by atoms with Crippen LogP contribution in [0.2, 0.25) is 0 Å². The molecule has 0 radical (unpaired) electrons. The molecule has 2 heterocycles. The molecule has 3 aromatic rings. The fraction of sp³-hybridized carbons (Fsp3) is 0.143. The quantitative estimate of drug-likeness (QED) is 0.339. The highest BCUT2D eigenvalue weighted by Crippen LogP contribution is 2.31. The van der Waals surface area contributed by atoms with Crippen molar-refractivity contribution in [3.63, 3.8) is 0 Å². The number of carbonyl (C=O) groups is 1. The highest BCUT2D eigenvalue weighted by atomic mass is 16.5. The molecule has 8 nitrogen and oxygen atoms in total. The molecule has 2 aromatic heterocycles. The van der Waals surface area contributed by atoms with Gasteiger partial charge in [-0.05, 0) is 19.1 Å². The predicted octanol–water partition coefficient (Wildman–Crippen LogP) is 3.92. The van der Waals surface area contributed by atoms with Gasteiger partial charge < -0.3 is 18.9 Å². The Hall–Kier alpha value is -3.94. The zero-order valence-corrected chi connectivity index (χ0v) is 16.2. The van der Waals surface area contributed by atoms with Gasteiger partial charge in [-0.1, -0.05) is 24.3 Å². The number of methoxy groups -OCH3 is 2. The van der Waals surface area contributed by atoms with Crippen molar-refractivity contribution in [1.29, 1.82) is 0 Å². The van der Waals surface area contributed by atoms with Crippen LogP contribution in [0.25, 0.3) is 5.57 Å². The standard InChI is InChI=1S/C21H19N3O5/c1-14-7-6-10-18(24-14)29-20-11-19(22-13-23-20)28-17-9-5-4-8-15(17)16(12-26-2)21(25)27-3/h4-13H,1-3H3/b16-12-. The first kappa shape index (κ1) is 19.8. The van der Waals surface area contributed by atoms with E-state index in [1.807, 2.05) is 19.1 Å². The van der Waals surface area contributed by atoms with Crippen LogP contribution in [0.15, 0.2) is 61.1 Å². The Kier molecular flexibility index (Phi) is 6.36. The number of aryl methyl sites for hydroxylation is 1. The SMILES string of the molecule is CO/C=C(\C(=O)OC)c1ccccc1Oc1cc(Oc2cccc(C)n2)ncn1. The summed E-state index contributed by atoms with van der Waals surface area (Å²) < 4.78 is 21.4. The van der Waals surface area contributed by atoms with E-state index in [-0.39, 0.29) is 17.3 Å². The number of rotatable bonds is 7. The van der Waals surface area contributed by atoms with Crippen molar-refractivity contribution in [2.45, 2.75) is 6.92 Å². The van der Waals surface area contributed by atoms with E-state index in [1.165, 1.54) is 32.9 Å².